The predicted molar refractivity (Wildman–Crippen MR) is 67.9 cm³/mol. The first-order chi connectivity index (χ1) is 7.62. The van der Waals surface area contributed by atoms with E-state index in [2.05, 4.69) is 12.2 Å². The van der Waals surface area contributed by atoms with Crippen molar-refractivity contribution in [1.29, 1.82) is 0 Å². The summed E-state index contributed by atoms with van der Waals surface area (Å²) in [6.45, 7) is 6.21. The molecule has 0 bridgehead atoms. The van der Waals surface area contributed by atoms with Crippen molar-refractivity contribution in [3.8, 4) is 0 Å². The van der Waals surface area contributed by atoms with E-state index in [1.54, 1.807) is 6.92 Å². The highest BCUT2D eigenvalue weighted by atomic mass is 31.2. The number of rotatable bonds is 11. The zero-order valence-corrected chi connectivity index (χ0v) is 11.5. The van der Waals surface area contributed by atoms with E-state index in [9.17, 15) is 9.46 Å². The Hall–Kier alpha value is 0.110. The minimum atomic E-state index is -3.29. The standard InChI is InChI=1S/C11H26NO3P/c1-3-5-6-9-12-10-7-8-11-16(13,14)15-4-2/h12H,3-11H2,1-2H3,(H,13,14). The second kappa shape index (κ2) is 10.3. The molecule has 0 heterocycles. The van der Waals surface area contributed by atoms with Gasteiger partial charge in [0.05, 0.1) is 12.8 Å². The van der Waals surface area contributed by atoms with Crippen LogP contribution in [-0.4, -0.2) is 30.8 Å². The lowest BCUT2D eigenvalue weighted by molar-refractivity contribution is 0.273. The van der Waals surface area contributed by atoms with E-state index in [-0.39, 0.29) is 6.16 Å². The lowest BCUT2D eigenvalue weighted by atomic mass is 10.2. The normalized spacial score (nSPS) is 14.9. The van der Waals surface area contributed by atoms with Gasteiger partial charge in [-0.25, -0.2) is 0 Å². The summed E-state index contributed by atoms with van der Waals surface area (Å²) in [7, 11) is -3.29. The molecule has 5 heteroatoms. The molecule has 0 amide bonds. The highest BCUT2D eigenvalue weighted by molar-refractivity contribution is 7.52. The zero-order chi connectivity index (χ0) is 12.3. The summed E-state index contributed by atoms with van der Waals surface area (Å²) >= 11 is 0. The van der Waals surface area contributed by atoms with Gasteiger partial charge in [0.1, 0.15) is 0 Å². The van der Waals surface area contributed by atoms with Crippen LogP contribution in [0.15, 0.2) is 0 Å². The Kier molecular flexibility index (Phi) is 10.3. The van der Waals surface area contributed by atoms with Crippen molar-refractivity contribution < 1.29 is 14.0 Å². The van der Waals surface area contributed by atoms with Gasteiger partial charge in [-0.2, -0.15) is 0 Å². The van der Waals surface area contributed by atoms with E-state index < -0.39 is 7.60 Å². The van der Waals surface area contributed by atoms with Gasteiger partial charge < -0.3 is 14.7 Å². The fourth-order valence-electron chi connectivity index (χ4n) is 1.45. The minimum absolute atomic E-state index is 0.275. The summed E-state index contributed by atoms with van der Waals surface area (Å²) in [5.74, 6) is 0. The molecule has 16 heavy (non-hydrogen) atoms. The van der Waals surface area contributed by atoms with E-state index in [4.69, 9.17) is 4.52 Å². The third-order valence-electron chi connectivity index (χ3n) is 2.33. The van der Waals surface area contributed by atoms with Crippen molar-refractivity contribution in [1.82, 2.24) is 5.32 Å². The molecule has 0 aliphatic carbocycles. The van der Waals surface area contributed by atoms with Crippen LogP contribution in [0.25, 0.3) is 0 Å². The molecule has 1 unspecified atom stereocenters. The van der Waals surface area contributed by atoms with Crippen molar-refractivity contribution in [2.75, 3.05) is 25.9 Å². The molecule has 0 spiro atoms. The van der Waals surface area contributed by atoms with Gasteiger partial charge in [-0.15, -0.1) is 0 Å². The quantitative estimate of drug-likeness (QED) is 0.438. The third kappa shape index (κ3) is 10.6. The molecule has 0 aromatic carbocycles. The molecule has 0 fully saturated rings. The molecule has 0 aliphatic rings. The Bertz CT molecular complexity index is 200. The summed E-state index contributed by atoms with van der Waals surface area (Å²) in [5.41, 5.74) is 0. The molecule has 0 rings (SSSR count). The Morgan fingerprint density at radius 3 is 2.31 bits per heavy atom. The van der Waals surface area contributed by atoms with Crippen molar-refractivity contribution >= 4 is 7.60 Å². The van der Waals surface area contributed by atoms with Gasteiger partial charge in [0.2, 0.25) is 0 Å². The lowest BCUT2D eigenvalue weighted by Gasteiger charge is -2.10. The highest BCUT2D eigenvalue weighted by Crippen LogP contribution is 2.42. The van der Waals surface area contributed by atoms with Crippen LogP contribution in [0, 0.1) is 0 Å². The van der Waals surface area contributed by atoms with E-state index in [1.807, 2.05) is 0 Å². The molecule has 0 aliphatic heterocycles. The molecule has 4 nitrogen and oxygen atoms in total. The first kappa shape index (κ1) is 16.1. The molecule has 2 N–H and O–H groups in total. The Morgan fingerprint density at radius 2 is 1.75 bits per heavy atom. The van der Waals surface area contributed by atoms with Crippen LogP contribution in [0.3, 0.4) is 0 Å². The maximum absolute atomic E-state index is 11.3. The zero-order valence-electron chi connectivity index (χ0n) is 10.6. The van der Waals surface area contributed by atoms with Gasteiger partial charge in [0.25, 0.3) is 0 Å². The van der Waals surface area contributed by atoms with E-state index in [1.165, 1.54) is 19.3 Å². The largest absolute Gasteiger partial charge is 0.328 e. The van der Waals surface area contributed by atoms with Crippen LogP contribution in [0.4, 0.5) is 0 Å². The van der Waals surface area contributed by atoms with E-state index in [0.29, 0.717) is 6.61 Å². The van der Waals surface area contributed by atoms with Crippen LogP contribution in [-0.2, 0) is 9.09 Å². The lowest BCUT2D eigenvalue weighted by Crippen LogP contribution is -2.16. The number of hydrogen-bond acceptors (Lipinski definition) is 3. The maximum Gasteiger partial charge on any atom is 0.328 e. The second-order valence-corrected chi connectivity index (χ2v) is 5.92. The fourth-order valence-corrected chi connectivity index (χ4v) is 2.61. The summed E-state index contributed by atoms with van der Waals surface area (Å²) in [6.07, 6.45) is 5.68. The smallest absolute Gasteiger partial charge is 0.324 e. The molecule has 0 aromatic rings. The first-order valence-corrected chi connectivity index (χ1v) is 8.05. The van der Waals surface area contributed by atoms with Crippen molar-refractivity contribution in [2.45, 2.75) is 46.0 Å². The summed E-state index contributed by atoms with van der Waals surface area (Å²) < 4.78 is 16.1. The molecular weight excluding hydrogens is 225 g/mol. The number of hydrogen-bond donors (Lipinski definition) is 2. The summed E-state index contributed by atoms with van der Waals surface area (Å²) in [5, 5.41) is 3.33. The van der Waals surface area contributed by atoms with Gasteiger partial charge in [0, 0.05) is 0 Å². The molecular formula is C11H26NO3P. The summed E-state index contributed by atoms with van der Waals surface area (Å²) in [6, 6.07) is 0. The Morgan fingerprint density at radius 1 is 1.12 bits per heavy atom. The molecule has 0 saturated carbocycles. The SMILES string of the molecule is CCCCCNCCCCP(=O)(O)OCC. The third-order valence-corrected chi connectivity index (χ3v) is 3.88. The monoisotopic (exact) mass is 251 g/mol. The van der Waals surface area contributed by atoms with Crippen molar-refractivity contribution in [3.05, 3.63) is 0 Å². The predicted octanol–water partition coefficient (Wildman–Crippen LogP) is 2.77. The molecule has 98 valence electrons. The first-order valence-electron chi connectivity index (χ1n) is 6.29. The number of nitrogens with one attached hydrogen (secondary N) is 1. The van der Waals surface area contributed by atoms with Gasteiger partial charge in [-0.3, -0.25) is 4.57 Å². The van der Waals surface area contributed by atoms with Crippen LogP contribution in [0.2, 0.25) is 0 Å². The van der Waals surface area contributed by atoms with Gasteiger partial charge >= 0.3 is 7.60 Å². The van der Waals surface area contributed by atoms with E-state index >= 15 is 0 Å². The Balaban J connectivity index is 3.23. The van der Waals surface area contributed by atoms with Crippen LogP contribution in [0.1, 0.15) is 46.0 Å². The van der Waals surface area contributed by atoms with Crippen LogP contribution >= 0.6 is 7.60 Å². The van der Waals surface area contributed by atoms with Gasteiger partial charge in [-0.1, -0.05) is 19.8 Å². The number of unbranched alkanes of at least 4 members (excludes halogenated alkanes) is 3. The average molecular weight is 251 g/mol. The Labute approximate surface area is 99.3 Å². The minimum Gasteiger partial charge on any atom is -0.324 e. The molecule has 0 aromatic heterocycles. The molecule has 1 atom stereocenters. The maximum atomic E-state index is 11.3. The van der Waals surface area contributed by atoms with Gasteiger partial charge in [-0.05, 0) is 39.3 Å². The second-order valence-electron chi connectivity index (χ2n) is 3.94. The average Bonchev–Trinajstić information content (AvgIpc) is 2.22. The van der Waals surface area contributed by atoms with Crippen molar-refractivity contribution in [3.63, 3.8) is 0 Å². The van der Waals surface area contributed by atoms with Crippen molar-refractivity contribution in [2.24, 2.45) is 0 Å². The summed E-state index contributed by atoms with van der Waals surface area (Å²) in [4.78, 5) is 9.30. The van der Waals surface area contributed by atoms with Crippen LogP contribution < -0.4 is 5.32 Å². The van der Waals surface area contributed by atoms with Gasteiger partial charge in [0.15, 0.2) is 0 Å². The van der Waals surface area contributed by atoms with E-state index in [0.717, 1.165) is 25.9 Å². The molecule has 0 radical (unpaired) electrons. The van der Waals surface area contributed by atoms with Crippen LogP contribution in [0.5, 0.6) is 0 Å². The fraction of sp³-hybridized carbons (Fsp3) is 1.00. The topological polar surface area (TPSA) is 58.6 Å². The molecule has 0 saturated heterocycles. The highest BCUT2D eigenvalue weighted by Gasteiger charge is 2.16.